The summed E-state index contributed by atoms with van der Waals surface area (Å²) >= 11 is 0. The number of benzene rings is 1. The Morgan fingerprint density at radius 1 is 1.19 bits per heavy atom. The molecule has 1 aliphatic carbocycles. The van der Waals surface area contributed by atoms with E-state index in [2.05, 4.69) is 15.8 Å². The van der Waals surface area contributed by atoms with Crippen LogP contribution in [0.25, 0.3) is 0 Å². The zero-order valence-corrected chi connectivity index (χ0v) is 11.9. The Bertz CT molecular complexity index is 567. The molecule has 21 heavy (non-hydrogen) atoms. The average Bonchev–Trinajstić information content (AvgIpc) is 3.30. The minimum atomic E-state index is -0.779. The molecule has 0 bridgehead atoms. The first-order valence-electron chi connectivity index (χ1n) is 6.50. The van der Waals surface area contributed by atoms with Crippen molar-refractivity contribution in [2.75, 3.05) is 14.2 Å². The van der Waals surface area contributed by atoms with Crippen molar-refractivity contribution in [3.05, 3.63) is 23.8 Å². The lowest BCUT2D eigenvalue weighted by molar-refractivity contribution is -0.139. The normalized spacial score (nSPS) is 13.8. The number of nitrogens with one attached hydrogen (secondary N) is 2. The molecule has 1 aromatic carbocycles. The lowest BCUT2D eigenvalue weighted by Crippen LogP contribution is -2.38. The van der Waals surface area contributed by atoms with Gasteiger partial charge in [-0.25, -0.2) is 5.43 Å². The molecule has 2 amide bonds. The molecule has 0 unspecified atom stereocenters. The molecule has 2 N–H and O–H groups in total. The van der Waals surface area contributed by atoms with Crippen molar-refractivity contribution in [1.29, 1.82) is 0 Å². The summed E-state index contributed by atoms with van der Waals surface area (Å²) in [5.74, 6) is -0.290. The molecule has 0 saturated heterocycles. The second-order valence-corrected chi connectivity index (χ2v) is 4.56. The van der Waals surface area contributed by atoms with Crippen molar-refractivity contribution in [2.45, 2.75) is 18.9 Å². The quantitative estimate of drug-likeness (QED) is 0.468. The summed E-state index contributed by atoms with van der Waals surface area (Å²) in [7, 11) is 3.08. The summed E-state index contributed by atoms with van der Waals surface area (Å²) in [6, 6.07) is 5.32. The van der Waals surface area contributed by atoms with E-state index in [0.717, 1.165) is 12.8 Å². The molecular weight excluding hydrogens is 274 g/mol. The van der Waals surface area contributed by atoms with Gasteiger partial charge >= 0.3 is 11.8 Å². The minimum Gasteiger partial charge on any atom is -0.493 e. The van der Waals surface area contributed by atoms with Gasteiger partial charge in [-0.1, -0.05) is 0 Å². The Balaban J connectivity index is 1.91. The zero-order chi connectivity index (χ0) is 15.2. The highest BCUT2D eigenvalue weighted by Crippen LogP contribution is 2.26. The molecule has 7 heteroatoms. The van der Waals surface area contributed by atoms with Gasteiger partial charge in [0.1, 0.15) is 0 Å². The number of amides is 2. The summed E-state index contributed by atoms with van der Waals surface area (Å²) < 4.78 is 10.3. The van der Waals surface area contributed by atoms with Crippen LogP contribution in [0.15, 0.2) is 23.3 Å². The maximum Gasteiger partial charge on any atom is 0.329 e. The van der Waals surface area contributed by atoms with Crippen molar-refractivity contribution in [3.8, 4) is 11.5 Å². The summed E-state index contributed by atoms with van der Waals surface area (Å²) in [6.07, 6.45) is 3.27. The van der Waals surface area contributed by atoms with Crippen molar-refractivity contribution >= 4 is 18.0 Å². The fraction of sp³-hybridized carbons (Fsp3) is 0.357. The third kappa shape index (κ3) is 4.20. The molecule has 0 aliphatic heterocycles. The van der Waals surface area contributed by atoms with E-state index in [-0.39, 0.29) is 6.04 Å². The highest BCUT2D eigenvalue weighted by atomic mass is 16.5. The molecule has 0 aromatic heterocycles. The van der Waals surface area contributed by atoms with Gasteiger partial charge in [-0.05, 0) is 36.6 Å². The van der Waals surface area contributed by atoms with E-state index >= 15 is 0 Å². The van der Waals surface area contributed by atoms with E-state index in [4.69, 9.17) is 9.47 Å². The van der Waals surface area contributed by atoms with E-state index < -0.39 is 11.8 Å². The Kier molecular flexibility index (Phi) is 4.76. The summed E-state index contributed by atoms with van der Waals surface area (Å²) in [4.78, 5) is 22.8. The largest absolute Gasteiger partial charge is 0.493 e. The van der Waals surface area contributed by atoms with Crippen LogP contribution in [0.3, 0.4) is 0 Å². The number of hydrazone groups is 1. The highest BCUT2D eigenvalue weighted by molar-refractivity contribution is 6.35. The van der Waals surface area contributed by atoms with Crippen LogP contribution in [-0.4, -0.2) is 38.3 Å². The van der Waals surface area contributed by atoms with Crippen LogP contribution < -0.4 is 20.2 Å². The van der Waals surface area contributed by atoms with Crippen LogP contribution in [0, 0.1) is 0 Å². The smallest absolute Gasteiger partial charge is 0.329 e. The fourth-order valence-corrected chi connectivity index (χ4v) is 1.63. The van der Waals surface area contributed by atoms with E-state index in [1.165, 1.54) is 13.3 Å². The summed E-state index contributed by atoms with van der Waals surface area (Å²) in [6.45, 7) is 0. The molecule has 0 radical (unpaired) electrons. The van der Waals surface area contributed by atoms with Crippen LogP contribution in [-0.2, 0) is 9.59 Å². The third-order valence-corrected chi connectivity index (χ3v) is 2.91. The Morgan fingerprint density at radius 3 is 2.52 bits per heavy atom. The van der Waals surface area contributed by atoms with Crippen molar-refractivity contribution < 1.29 is 19.1 Å². The first-order valence-corrected chi connectivity index (χ1v) is 6.50. The van der Waals surface area contributed by atoms with Gasteiger partial charge in [-0.15, -0.1) is 0 Å². The van der Waals surface area contributed by atoms with E-state index in [9.17, 15) is 9.59 Å². The number of methoxy groups -OCH3 is 2. The first kappa shape index (κ1) is 14.8. The molecule has 112 valence electrons. The molecule has 1 saturated carbocycles. The standard InChI is InChI=1S/C14H17N3O4/c1-20-11-6-3-9(7-12(11)21-2)8-15-17-14(19)13(18)16-10-4-5-10/h3,6-8,10H,4-5H2,1-2H3,(H,16,18)(H,17,19). The lowest BCUT2D eigenvalue weighted by Gasteiger charge is -2.07. The average molecular weight is 291 g/mol. The number of nitrogens with zero attached hydrogens (tertiary/aromatic N) is 1. The minimum absolute atomic E-state index is 0.137. The van der Waals surface area contributed by atoms with Gasteiger partial charge in [0.15, 0.2) is 11.5 Å². The number of hydrogen-bond acceptors (Lipinski definition) is 5. The Hall–Kier alpha value is -2.57. The number of carbonyl (C=O) groups is 2. The molecule has 7 nitrogen and oxygen atoms in total. The van der Waals surface area contributed by atoms with E-state index in [0.29, 0.717) is 17.1 Å². The van der Waals surface area contributed by atoms with Gasteiger partial charge in [-0.2, -0.15) is 5.10 Å². The SMILES string of the molecule is COc1ccc(C=NNC(=O)C(=O)NC2CC2)cc1OC. The highest BCUT2D eigenvalue weighted by Gasteiger charge is 2.26. The van der Waals surface area contributed by atoms with Gasteiger partial charge in [0, 0.05) is 6.04 Å². The molecule has 1 fully saturated rings. The number of hydrogen-bond donors (Lipinski definition) is 2. The molecule has 1 aromatic rings. The predicted molar refractivity (Wildman–Crippen MR) is 76.4 cm³/mol. The van der Waals surface area contributed by atoms with Crippen molar-refractivity contribution in [1.82, 2.24) is 10.7 Å². The number of carbonyl (C=O) groups excluding carboxylic acids is 2. The first-order chi connectivity index (χ1) is 10.1. The molecule has 1 aliphatic rings. The van der Waals surface area contributed by atoms with Crippen LogP contribution in [0.5, 0.6) is 11.5 Å². The maximum absolute atomic E-state index is 11.4. The lowest BCUT2D eigenvalue weighted by atomic mass is 10.2. The van der Waals surface area contributed by atoms with Crippen molar-refractivity contribution in [2.24, 2.45) is 5.10 Å². The second-order valence-electron chi connectivity index (χ2n) is 4.56. The third-order valence-electron chi connectivity index (χ3n) is 2.91. The zero-order valence-electron chi connectivity index (χ0n) is 11.9. The Labute approximate surface area is 122 Å². The van der Waals surface area contributed by atoms with Crippen LogP contribution in [0.4, 0.5) is 0 Å². The van der Waals surface area contributed by atoms with Crippen LogP contribution in [0.2, 0.25) is 0 Å². The summed E-state index contributed by atoms with van der Waals surface area (Å²) in [5, 5.41) is 6.31. The second kappa shape index (κ2) is 6.74. The van der Waals surface area contributed by atoms with Crippen LogP contribution in [0.1, 0.15) is 18.4 Å². The molecule has 0 heterocycles. The van der Waals surface area contributed by atoms with Gasteiger partial charge in [0.2, 0.25) is 0 Å². The number of ether oxygens (including phenoxy) is 2. The van der Waals surface area contributed by atoms with Gasteiger partial charge < -0.3 is 14.8 Å². The van der Waals surface area contributed by atoms with Crippen LogP contribution >= 0.6 is 0 Å². The fourth-order valence-electron chi connectivity index (χ4n) is 1.63. The monoisotopic (exact) mass is 291 g/mol. The maximum atomic E-state index is 11.4. The molecule has 0 atom stereocenters. The Morgan fingerprint density at radius 2 is 1.90 bits per heavy atom. The summed E-state index contributed by atoms with van der Waals surface area (Å²) in [5.41, 5.74) is 2.88. The van der Waals surface area contributed by atoms with E-state index in [1.54, 1.807) is 25.3 Å². The van der Waals surface area contributed by atoms with Gasteiger partial charge in [0.25, 0.3) is 0 Å². The topological polar surface area (TPSA) is 89.0 Å². The van der Waals surface area contributed by atoms with E-state index in [1.807, 2.05) is 0 Å². The predicted octanol–water partition coefficient (Wildman–Crippen LogP) is 0.432. The molecule has 2 rings (SSSR count). The van der Waals surface area contributed by atoms with Gasteiger partial charge in [-0.3, -0.25) is 9.59 Å². The molecule has 0 spiro atoms. The van der Waals surface area contributed by atoms with Gasteiger partial charge in [0.05, 0.1) is 20.4 Å². The van der Waals surface area contributed by atoms with Crippen molar-refractivity contribution in [3.63, 3.8) is 0 Å². The molecular formula is C14H17N3O4. The number of rotatable bonds is 5.